The molecule has 0 heterocycles. The quantitative estimate of drug-likeness (QED) is 0.795. The summed E-state index contributed by atoms with van der Waals surface area (Å²) in [7, 11) is 0. The van der Waals surface area contributed by atoms with E-state index in [4.69, 9.17) is 4.74 Å². The lowest BCUT2D eigenvalue weighted by Gasteiger charge is -2.30. The van der Waals surface area contributed by atoms with Crippen molar-refractivity contribution < 1.29 is 14.6 Å². The predicted molar refractivity (Wildman–Crippen MR) is 65.2 cm³/mol. The first-order chi connectivity index (χ1) is 8.04. The second-order valence-electron chi connectivity index (χ2n) is 4.51. The predicted octanol–water partition coefficient (Wildman–Crippen LogP) is 2.24. The molecule has 1 aliphatic carbocycles. The van der Waals surface area contributed by atoms with E-state index in [1.54, 1.807) is 26.0 Å². The molecule has 90 valence electrons. The number of hydrogen-bond donors (Lipinski definition) is 1. The number of fused-ring (bicyclic) bond motifs is 1. The third kappa shape index (κ3) is 2.11. The van der Waals surface area contributed by atoms with E-state index in [0.717, 1.165) is 5.56 Å². The summed E-state index contributed by atoms with van der Waals surface area (Å²) in [6.07, 6.45) is 3.73. The molecule has 1 aromatic rings. The summed E-state index contributed by atoms with van der Waals surface area (Å²) in [6.45, 7) is 3.54. The fourth-order valence-corrected chi connectivity index (χ4v) is 1.99. The van der Waals surface area contributed by atoms with Crippen LogP contribution in [0.15, 0.2) is 30.3 Å². The van der Waals surface area contributed by atoms with Crippen LogP contribution in [-0.4, -0.2) is 17.2 Å². The van der Waals surface area contributed by atoms with E-state index < -0.39 is 11.6 Å². The number of ether oxygens (including phenoxy) is 1. The maximum atomic E-state index is 12.0. The minimum atomic E-state index is -1.55. The molecule has 0 saturated heterocycles. The normalized spacial score (nSPS) is 22.4. The van der Waals surface area contributed by atoms with Crippen LogP contribution in [0.5, 0.6) is 0 Å². The SMILES string of the molecule is CC(C)OC(=O)C1(O)CC=Cc2ccccc21. The fraction of sp³-hybridized carbons (Fsp3) is 0.357. The van der Waals surface area contributed by atoms with Gasteiger partial charge in [-0.05, 0) is 19.4 Å². The van der Waals surface area contributed by atoms with Gasteiger partial charge in [0.05, 0.1) is 6.10 Å². The molecule has 0 aromatic heterocycles. The van der Waals surface area contributed by atoms with Crippen LogP contribution in [0, 0.1) is 0 Å². The lowest BCUT2D eigenvalue weighted by molar-refractivity contribution is -0.170. The Labute approximate surface area is 101 Å². The van der Waals surface area contributed by atoms with Crippen molar-refractivity contribution in [2.75, 3.05) is 0 Å². The molecule has 0 radical (unpaired) electrons. The number of rotatable bonds is 2. The lowest BCUT2D eigenvalue weighted by atomic mass is 9.83. The second kappa shape index (κ2) is 4.34. The Kier molecular flexibility index (Phi) is 3.03. The van der Waals surface area contributed by atoms with Gasteiger partial charge >= 0.3 is 5.97 Å². The van der Waals surface area contributed by atoms with Crippen LogP contribution < -0.4 is 0 Å². The van der Waals surface area contributed by atoms with Crippen molar-refractivity contribution in [1.29, 1.82) is 0 Å². The molecular formula is C14H16O3. The Hall–Kier alpha value is -1.61. The number of carbonyl (C=O) groups excluding carboxylic acids is 1. The third-order valence-electron chi connectivity index (χ3n) is 2.80. The maximum Gasteiger partial charge on any atom is 0.343 e. The Bertz CT molecular complexity index is 462. The van der Waals surface area contributed by atoms with Gasteiger partial charge in [-0.1, -0.05) is 36.4 Å². The first-order valence-corrected chi connectivity index (χ1v) is 5.73. The van der Waals surface area contributed by atoms with Crippen molar-refractivity contribution in [3.05, 3.63) is 41.5 Å². The van der Waals surface area contributed by atoms with Gasteiger partial charge in [-0.3, -0.25) is 0 Å². The van der Waals surface area contributed by atoms with Crippen molar-refractivity contribution in [1.82, 2.24) is 0 Å². The topological polar surface area (TPSA) is 46.5 Å². The zero-order valence-corrected chi connectivity index (χ0v) is 10.0. The zero-order valence-electron chi connectivity index (χ0n) is 10.0. The van der Waals surface area contributed by atoms with Crippen LogP contribution in [0.2, 0.25) is 0 Å². The summed E-state index contributed by atoms with van der Waals surface area (Å²) in [5.74, 6) is -0.579. The Morgan fingerprint density at radius 1 is 1.41 bits per heavy atom. The molecule has 2 rings (SSSR count). The monoisotopic (exact) mass is 232 g/mol. The first-order valence-electron chi connectivity index (χ1n) is 5.73. The number of hydrogen-bond acceptors (Lipinski definition) is 3. The summed E-state index contributed by atoms with van der Waals surface area (Å²) in [6, 6.07) is 7.33. The van der Waals surface area contributed by atoms with E-state index in [0.29, 0.717) is 5.56 Å². The molecule has 0 spiro atoms. The molecule has 0 fully saturated rings. The molecule has 0 amide bonds. The van der Waals surface area contributed by atoms with Crippen molar-refractivity contribution in [2.45, 2.75) is 32.0 Å². The van der Waals surface area contributed by atoms with Gasteiger partial charge in [0, 0.05) is 12.0 Å². The van der Waals surface area contributed by atoms with Gasteiger partial charge in [-0.2, -0.15) is 0 Å². The molecule has 0 aliphatic heterocycles. The van der Waals surface area contributed by atoms with Crippen LogP contribution in [0.1, 0.15) is 31.4 Å². The summed E-state index contributed by atoms with van der Waals surface area (Å²) in [5.41, 5.74) is -0.0644. The van der Waals surface area contributed by atoms with Crippen molar-refractivity contribution in [3.63, 3.8) is 0 Å². The Morgan fingerprint density at radius 2 is 2.12 bits per heavy atom. The number of esters is 1. The molecule has 0 bridgehead atoms. The highest BCUT2D eigenvalue weighted by molar-refractivity contribution is 5.84. The molecule has 3 nitrogen and oxygen atoms in total. The molecule has 1 aliphatic rings. The summed E-state index contributed by atoms with van der Waals surface area (Å²) in [4.78, 5) is 12.0. The minimum Gasteiger partial charge on any atom is -0.461 e. The van der Waals surface area contributed by atoms with Gasteiger partial charge < -0.3 is 9.84 Å². The third-order valence-corrected chi connectivity index (χ3v) is 2.80. The number of carbonyl (C=O) groups is 1. The maximum absolute atomic E-state index is 12.0. The van der Waals surface area contributed by atoms with Crippen molar-refractivity contribution in [3.8, 4) is 0 Å². The summed E-state index contributed by atoms with van der Waals surface area (Å²) >= 11 is 0. The molecular weight excluding hydrogens is 216 g/mol. The molecule has 0 saturated carbocycles. The molecule has 1 N–H and O–H groups in total. The largest absolute Gasteiger partial charge is 0.461 e. The van der Waals surface area contributed by atoms with Crippen LogP contribution in [0.4, 0.5) is 0 Å². The highest BCUT2D eigenvalue weighted by Gasteiger charge is 2.41. The second-order valence-corrected chi connectivity index (χ2v) is 4.51. The highest BCUT2D eigenvalue weighted by Crippen LogP contribution is 2.34. The smallest absolute Gasteiger partial charge is 0.343 e. The Balaban J connectivity index is 2.39. The highest BCUT2D eigenvalue weighted by atomic mass is 16.6. The molecule has 1 aromatic carbocycles. The average molecular weight is 232 g/mol. The van der Waals surface area contributed by atoms with Gasteiger partial charge in [-0.25, -0.2) is 4.79 Å². The fourth-order valence-electron chi connectivity index (χ4n) is 1.99. The minimum absolute atomic E-state index is 0.232. The molecule has 17 heavy (non-hydrogen) atoms. The van der Waals surface area contributed by atoms with E-state index in [1.165, 1.54) is 0 Å². The van der Waals surface area contributed by atoms with Crippen LogP contribution >= 0.6 is 0 Å². The van der Waals surface area contributed by atoms with Gasteiger partial charge in [0.2, 0.25) is 0 Å². The van der Waals surface area contributed by atoms with Crippen molar-refractivity contribution in [2.24, 2.45) is 0 Å². The van der Waals surface area contributed by atoms with E-state index in [1.807, 2.05) is 24.3 Å². The van der Waals surface area contributed by atoms with Crippen LogP contribution in [0.3, 0.4) is 0 Å². The number of benzene rings is 1. The van der Waals surface area contributed by atoms with E-state index in [-0.39, 0.29) is 12.5 Å². The van der Waals surface area contributed by atoms with Gasteiger partial charge in [0.15, 0.2) is 5.60 Å². The molecule has 1 unspecified atom stereocenters. The lowest BCUT2D eigenvalue weighted by Crippen LogP contribution is -2.39. The van der Waals surface area contributed by atoms with Gasteiger partial charge in [0.1, 0.15) is 0 Å². The Morgan fingerprint density at radius 3 is 2.82 bits per heavy atom. The van der Waals surface area contributed by atoms with Crippen LogP contribution in [0.25, 0.3) is 6.08 Å². The van der Waals surface area contributed by atoms with Crippen molar-refractivity contribution >= 4 is 12.0 Å². The van der Waals surface area contributed by atoms with E-state index in [2.05, 4.69) is 0 Å². The molecule has 1 atom stereocenters. The first kappa shape index (κ1) is 11.9. The summed E-state index contributed by atoms with van der Waals surface area (Å²) in [5, 5.41) is 10.5. The average Bonchev–Trinajstić information content (AvgIpc) is 2.29. The molecule has 3 heteroatoms. The van der Waals surface area contributed by atoms with Crippen LogP contribution in [-0.2, 0) is 15.1 Å². The standard InChI is InChI=1S/C14H16O3/c1-10(2)17-13(15)14(16)9-5-7-11-6-3-4-8-12(11)14/h3-8,10,16H,9H2,1-2H3. The summed E-state index contributed by atoms with van der Waals surface area (Å²) < 4.78 is 5.13. The van der Waals surface area contributed by atoms with E-state index >= 15 is 0 Å². The van der Waals surface area contributed by atoms with Gasteiger partial charge in [0.25, 0.3) is 0 Å². The van der Waals surface area contributed by atoms with E-state index in [9.17, 15) is 9.90 Å². The van der Waals surface area contributed by atoms with Gasteiger partial charge in [-0.15, -0.1) is 0 Å². The number of aliphatic hydroxyl groups is 1. The zero-order chi connectivity index (χ0) is 12.5.